The van der Waals surface area contributed by atoms with Gasteiger partial charge in [0.1, 0.15) is 10.8 Å². The van der Waals surface area contributed by atoms with Crippen LogP contribution in [0.5, 0.6) is 0 Å². The predicted molar refractivity (Wildman–Crippen MR) is 101 cm³/mol. The van der Waals surface area contributed by atoms with Crippen LogP contribution in [-0.4, -0.2) is 29.6 Å². The van der Waals surface area contributed by atoms with E-state index in [1.807, 2.05) is 19.1 Å². The number of benzene rings is 1. The van der Waals surface area contributed by atoms with Crippen molar-refractivity contribution in [3.8, 4) is 0 Å². The Morgan fingerprint density at radius 2 is 2.25 bits per heavy atom. The van der Waals surface area contributed by atoms with Gasteiger partial charge in [0.15, 0.2) is 0 Å². The van der Waals surface area contributed by atoms with Crippen molar-refractivity contribution in [2.45, 2.75) is 29.7 Å². The minimum atomic E-state index is 0.548. The lowest BCUT2D eigenvalue weighted by Gasteiger charge is -2.23. The normalized spacial score (nSPS) is 17.7. The van der Waals surface area contributed by atoms with Crippen LogP contribution in [0.15, 0.2) is 34.3 Å². The topological polar surface area (TPSA) is 49.8 Å². The number of anilines is 1. The zero-order valence-corrected chi connectivity index (χ0v) is 15.8. The number of aromatic nitrogens is 2. The molecule has 1 aliphatic heterocycles. The molecular weight excluding hydrogens is 363 g/mol. The van der Waals surface area contributed by atoms with Crippen molar-refractivity contribution in [2.24, 2.45) is 5.92 Å². The van der Waals surface area contributed by atoms with Crippen LogP contribution in [0.1, 0.15) is 18.5 Å². The van der Waals surface area contributed by atoms with E-state index in [1.165, 1.54) is 24.6 Å². The van der Waals surface area contributed by atoms with Gasteiger partial charge in [0.05, 0.1) is 21.9 Å². The maximum atomic E-state index is 6.24. The second-order valence-corrected chi connectivity index (χ2v) is 7.71. The van der Waals surface area contributed by atoms with Crippen molar-refractivity contribution < 1.29 is 0 Å². The van der Waals surface area contributed by atoms with E-state index in [4.69, 9.17) is 23.2 Å². The summed E-state index contributed by atoms with van der Waals surface area (Å²) in [4.78, 5) is 10.0. The summed E-state index contributed by atoms with van der Waals surface area (Å²) in [6.07, 6.45) is 4.28. The fourth-order valence-corrected chi connectivity index (χ4v) is 4.00. The smallest absolute Gasteiger partial charge is 0.144 e. The fourth-order valence-electron chi connectivity index (χ4n) is 2.67. The number of nitrogens with one attached hydrogen (secondary N) is 2. The Kier molecular flexibility index (Phi) is 6.22. The van der Waals surface area contributed by atoms with Crippen molar-refractivity contribution in [3.05, 3.63) is 40.1 Å². The number of hydrogen-bond acceptors (Lipinski definition) is 5. The number of aryl methyl sites for hydroxylation is 1. The number of piperidine rings is 1. The van der Waals surface area contributed by atoms with Crippen molar-refractivity contribution >= 4 is 40.8 Å². The Hall–Kier alpha value is -1.01. The van der Waals surface area contributed by atoms with Crippen LogP contribution in [0.25, 0.3) is 0 Å². The maximum absolute atomic E-state index is 6.24. The molecular formula is C17H20Cl2N4S. The standard InChI is InChI=1S/C17H20Cl2N4S/c1-11-17(24-14-6-2-5-13(18)16(14)19)22-10-15(23-11)21-9-12-4-3-7-20-8-12/h2,5-6,10,12,20H,3-4,7-9H2,1H3,(H,21,23). The lowest BCUT2D eigenvalue weighted by Crippen LogP contribution is -2.33. The minimum absolute atomic E-state index is 0.548. The summed E-state index contributed by atoms with van der Waals surface area (Å²) >= 11 is 13.8. The molecule has 1 atom stereocenters. The molecule has 3 rings (SSSR count). The highest BCUT2D eigenvalue weighted by molar-refractivity contribution is 7.99. The van der Waals surface area contributed by atoms with Gasteiger partial charge in [-0.15, -0.1) is 0 Å². The molecule has 0 aliphatic carbocycles. The summed E-state index contributed by atoms with van der Waals surface area (Å²) in [6, 6.07) is 5.59. The summed E-state index contributed by atoms with van der Waals surface area (Å²) < 4.78 is 0. The van der Waals surface area contributed by atoms with Crippen molar-refractivity contribution in [2.75, 3.05) is 25.0 Å². The third kappa shape index (κ3) is 4.54. The summed E-state index contributed by atoms with van der Waals surface area (Å²) in [5, 5.41) is 8.76. The monoisotopic (exact) mass is 382 g/mol. The van der Waals surface area contributed by atoms with Gasteiger partial charge >= 0.3 is 0 Å². The molecule has 1 unspecified atom stereocenters. The quantitative estimate of drug-likeness (QED) is 0.787. The minimum Gasteiger partial charge on any atom is -0.368 e. The summed E-state index contributed by atoms with van der Waals surface area (Å²) in [6.45, 7) is 5.09. The van der Waals surface area contributed by atoms with Gasteiger partial charge in [-0.25, -0.2) is 9.97 Å². The number of rotatable bonds is 5. The van der Waals surface area contributed by atoms with E-state index < -0.39 is 0 Å². The molecule has 1 aromatic heterocycles. The Morgan fingerprint density at radius 3 is 3.00 bits per heavy atom. The molecule has 0 spiro atoms. The van der Waals surface area contributed by atoms with E-state index in [0.717, 1.165) is 41.1 Å². The largest absolute Gasteiger partial charge is 0.368 e. The van der Waals surface area contributed by atoms with Gasteiger partial charge in [0, 0.05) is 11.4 Å². The molecule has 0 saturated carbocycles. The first-order valence-electron chi connectivity index (χ1n) is 8.03. The molecule has 0 amide bonds. The first kappa shape index (κ1) is 17.8. The van der Waals surface area contributed by atoms with Gasteiger partial charge in [-0.2, -0.15) is 0 Å². The molecule has 1 aliphatic rings. The highest BCUT2D eigenvalue weighted by Crippen LogP contribution is 2.37. The molecule has 24 heavy (non-hydrogen) atoms. The molecule has 2 aromatic rings. The third-order valence-electron chi connectivity index (χ3n) is 4.00. The van der Waals surface area contributed by atoms with Gasteiger partial charge in [-0.1, -0.05) is 41.0 Å². The van der Waals surface area contributed by atoms with E-state index in [1.54, 1.807) is 12.3 Å². The van der Waals surface area contributed by atoms with Crippen LogP contribution in [0.3, 0.4) is 0 Å². The Morgan fingerprint density at radius 1 is 1.38 bits per heavy atom. The number of nitrogens with zero attached hydrogens (tertiary/aromatic N) is 2. The van der Waals surface area contributed by atoms with Crippen LogP contribution < -0.4 is 10.6 Å². The fraction of sp³-hybridized carbons (Fsp3) is 0.412. The summed E-state index contributed by atoms with van der Waals surface area (Å²) in [7, 11) is 0. The van der Waals surface area contributed by atoms with E-state index >= 15 is 0 Å². The second kappa shape index (κ2) is 8.39. The van der Waals surface area contributed by atoms with E-state index in [9.17, 15) is 0 Å². The lowest BCUT2D eigenvalue weighted by molar-refractivity contribution is 0.392. The highest BCUT2D eigenvalue weighted by atomic mass is 35.5. The zero-order chi connectivity index (χ0) is 16.9. The zero-order valence-electron chi connectivity index (χ0n) is 13.5. The second-order valence-electron chi connectivity index (χ2n) is 5.89. The van der Waals surface area contributed by atoms with Crippen molar-refractivity contribution in [3.63, 3.8) is 0 Å². The molecule has 0 bridgehead atoms. The molecule has 2 heterocycles. The van der Waals surface area contributed by atoms with Crippen molar-refractivity contribution in [1.29, 1.82) is 0 Å². The number of hydrogen-bond donors (Lipinski definition) is 2. The molecule has 1 aromatic carbocycles. The predicted octanol–water partition coefficient (Wildman–Crippen LogP) is 4.65. The lowest BCUT2D eigenvalue weighted by atomic mass is 10.00. The van der Waals surface area contributed by atoms with Crippen LogP contribution in [0.2, 0.25) is 10.0 Å². The molecule has 0 radical (unpaired) electrons. The Bertz CT molecular complexity index is 705. The molecule has 128 valence electrons. The first-order valence-corrected chi connectivity index (χ1v) is 9.61. The molecule has 4 nitrogen and oxygen atoms in total. The van der Waals surface area contributed by atoms with Gasteiger partial charge in [0.2, 0.25) is 0 Å². The third-order valence-corrected chi connectivity index (χ3v) is 6.08. The Balaban J connectivity index is 1.64. The average molecular weight is 383 g/mol. The van der Waals surface area contributed by atoms with Crippen molar-refractivity contribution in [1.82, 2.24) is 15.3 Å². The van der Waals surface area contributed by atoms with E-state index in [2.05, 4.69) is 20.6 Å². The van der Waals surface area contributed by atoms with Gasteiger partial charge in [-0.3, -0.25) is 0 Å². The highest BCUT2D eigenvalue weighted by Gasteiger charge is 2.14. The van der Waals surface area contributed by atoms with Gasteiger partial charge in [-0.05, 0) is 50.9 Å². The van der Waals surface area contributed by atoms with E-state index in [-0.39, 0.29) is 0 Å². The van der Waals surface area contributed by atoms with Crippen LogP contribution in [0.4, 0.5) is 5.82 Å². The van der Waals surface area contributed by atoms with Crippen LogP contribution in [-0.2, 0) is 0 Å². The molecule has 7 heteroatoms. The molecule has 2 N–H and O–H groups in total. The SMILES string of the molecule is Cc1nc(NCC2CCCNC2)cnc1Sc1cccc(Cl)c1Cl. The van der Waals surface area contributed by atoms with E-state index in [0.29, 0.717) is 16.0 Å². The molecule has 1 saturated heterocycles. The van der Waals surface area contributed by atoms with Gasteiger partial charge in [0.25, 0.3) is 0 Å². The van der Waals surface area contributed by atoms with Crippen LogP contribution >= 0.6 is 35.0 Å². The summed E-state index contributed by atoms with van der Waals surface area (Å²) in [5.74, 6) is 1.47. The molecule has 1 fully saturated rings. The first-order chi connectivity index (χ1) is 11.6. The van der Waals surface area contributed by atoms with Gasteiger partial charge < -0.3 is 10.6 Å². The van der Waals surface area contributed by atoms with Crippen LogP contribution in [0, 0.1) is 12.8 Å². The number of halogens is 2. The maximum Gasteiger partial charge on any atom is 0.144 e. The Labute approximate surface area is 156 Å². The average Bonchev–Trinajstić information content (AvgIpc) is 2.60. The summed E-state index contributed by atoms with van der Waals surface area (Å²) in [5.41, 5.74) is 0.878.